The molecule has 0 amide bonds. The standard InChI is InChI=1S/C12H16O4/c1-3-4-5-16-11-7-9(12(13)14)6-10(8-11)15-2/h6-8H,3-5H2,1-2H3,(H,13,14). The Morgan fingerprint density at radius 2 is 2.00 bits per heavy atom. The van der Waals surface area contributed by atoms with E-state index in [-0.39, 0.29) is 5.56 Å². The summed E-state index contributed by atoms with van der Waals surface area (Å²) in [7, 11) is 1.50. The number of carboxylic acids is 1. The van der Waals surface area contributed by atoms with Crippen molar-refractivity contribution in [1.29, 1.82) is 0 Å². The molecule has 1 aromatic carbocycles. The van der Waals surface area contributed by atoms with E-state index < -0.39 is 5.97 Å². The summed E-state index contributed by atoms with van der Waals surface area (Å²) in [4.78, 5) is 10.8. The van der Waals surface area contributed by atoms with Gasteiger partial charge in [-0.05, 0) is 18.6 Å². The molecule has 0 atom stereocenters. The molecule has 0 heterocycles. The lowest BCUT2D eigenvalue weighted by Crippen LogP contribution is -2.01. The van der Waals surface area contributed by atoms with Crippen molar-refractivity contribution in [2.24, 2.45) is 0 Å². The molecule has 4 nitrogen and oxygen atoms in total. The SMILES string of the molecule is CCCCOc1cc(OC)cc(C(=O)O)c1. The molecule has 16 heavy (non-hydrogen) atoms. The molecule has 0 unspecified atom stereocenters. The molecule has 0 aliphatic heterocycles. The molecular weight excluding hydrogens is 208 g/mol. The van der Waals surface area contributed by atoms with E-state index in [1.165, 1.54) is 19.2 Å². The highest BCUT2D eigenvalue weighted by molar-refractivity contribution is 5.88. The number of hydrogen-bond acceptors (Lipinski definition) is 3. The number of unbranched alkanes of at least 4 members (excludes halogenated alkanes) is 1. The second-order valence-electron chi connectivity index (χ2n) is 3.40. The molecule has 0 bridgehead atoms. The first-order chi connectivity index (χ1) is 7.67. The van der Waals surface area contributed by atoms with Gasteiger partial charge in [0.25, 0.3) is 0 Å². The van der Waals surface area contributed by atoms with Crippen LogP contribution in [0.15, 0.2) is 18.2 Å². The topological polar surface area (TPSA) is 55.8 Å². The van der Waals surface area contributed by atoms with Crippen molar-refractivity contribution < 1.29 is 19.4 Å². The Labute approximate surface area is 94.8 Å². The van der Waals surface area contributed by atoms with E-state index in [0.29, 0.717) is 18.1 Å². The Morgan fingerprint density at radius 1 is 1.31 bits per heavy atom. The highest BCUT2D eigenvalue weighted by atomic mass is 16.5. The first kappa shape index (κ1) is 12.4. The van der Waals surface area contributed by atoms with Gasteiger partial charge in [-0.1, -0.05) is 13.3 Å². The molecular formula is C12H16O4. The second-order valence-corrected chi connectivity index (χ2v) is 3.40. The quantitative estimate of drug-likeness (QED) is 0.754. The number of carboxylic acid groups (broad SMARTS) is 1. The minimum Gasteiger partial charge on any atom is -0.497 e. The summed E-state index contributed by atoms with van der Waals surface area (Å²) in [5.74, 6) is 0.0378. The molecule has 1 rings (SSSR count). The van der Waals surface area contributed by atoms with Gasteiger partial charge in [0.15, 0.2) is 0 Å². The minimum absolute atomic E-state index is 0.172. The fourth-order valence-corrected chi connectivity index (χ4v) is 1.23. The van der Waals surface area contributed by atoms with Crippen LogP contribution >= 0.6 is 0 Å². The number of ether oxygens (including phenoxy) is 2. The molecule has 0 aliphatic rings. The van der Waals surface area contributed by atoms with Crippen molar-refractivity contribution in [3.63, 3.8) is 0 Å². The van der Waals surface area contributed by atoms with Gasteiger partial charge in [-0.3, -0.25) is 0 Å². The lowest BCUT2D eigenvalue weighted by atomic mass is 10.2. The Kier molecular flexibility index (Phi) is 4.64. The summed E-state index contributed by atoms with van der Waals surface area (Å²) in [5, 5.41) is 8.89. The Bertz CT molecular complexity index is 360. The zero-order chi connectivity index (χ0) is 12.0. The van der Waals surface area contributed by atoms with Gasteiger partial charge >= 0.3 is 5.97 Å². The van der Waals surface area contributed by atoms with Gasteiger partial charge in [-0.15, -0.1) is 0 Å². The first-order valence-corrected chi connectivity index (χ1v) is 5.22. The van der Waals surface area contributed by atoms with E-state index in [2.05, 4.69) is 6.92 Å². The number of aromatic carboxylic acids is 1. The van der Waals surface area contributed by atoms with Crippen LogP contribution in [0.2, 0.25) is 0 Å². The first-order valence-electron chi connectivity index (χ1n) is 5.22. The third kappa shape index (κ3) is 3.46. The maximum atomic E-state index is 10.8. The van der Waals surface area contributed by atoms with Crippen LogP contribution in [0.4, 0.5) is 0 Å². The number of rotatable bonds is 6. The van der Waals surface area contributed by atoms with Crippen LogP contribution in [0.5, 0.6) is 11.5 Å². The summed E-state index contributed by atoms with van der Waals surface area (Å²) >= 11 is 0. The normalized spacial score (nSPS) is 9.88. The van der Waals surface area contributed by atoms with Crippen LogP contribution in [0, 0.1) is 0 Å². The van der Waals surface area contributed by atoms with Gasteiger partial charge in [-0.25, -0.2) is 4.79 Å². The highest BCUT2D eigenvalue weighted by Gasteiger charge is 2.08. The molecule has 88 valence electrons. The van der Waals surface area contributed by atoms with Gasteiger partial charge < -0.3 is 14.6 Å². The summed E-state index contributed by atoms with van der Waals surface area (Å²) in [6, 6.07) is 4.65. The zero-order valence-corrected chi connectivity index (χ0v) is 9.53. The molecule has 1 N–H and O–H groups in total. The Balaban J connectivity index is 2.82. The Hall–Kier alpha value is -1.71. The maximum absolute atomic E-state index is 10.8. The van der Waals surface area contributed by atoms with Crippen molar-refractivity contribution in [2.45, 2.75) is 19.8 Å². The lowest BCUT2D eigenvalue weighted by molar-refractivity contribution is 0.0696. The molecule has 0 spiro atoms. The number of benzene rings is 1. The van der Waals surface area contributed by atoms with E-state index in [4.69, 9.17) is 14.6 Å². The Morgan fingerprint density at radius 3 is 2.56 bits per heavy atom. The summed E-state index contributed by atoms with van der Waals surface area (Å²) in [5.41, 5.74) is 0.172. The highest BCUT2D eigenvalue weighted by Crippen LogP contribution is 2.23. The van der Waals surface area contributed by atoms with Gasteiger partial charge in [0.1, 0.15) is 11.5 Å². The van der Waals surface area contributed by atoms with E-state index in [1.54, 1.807) is 6.07 Å². The van der Waals surface area contributed by atoms with Crippen molar-refractivity contribution in [3.05, 3.63) is 23.8 Å². The number of methoxy groups -OCH3 is 1. The summed E-state index contributed by atoms with van der Waals surface area (Å²) in [6.45, 7) is 2.65. The predicted molar refractivity (Wildman–Crippen MR) is 60.4 cm³/mol. The fourth-order valence-electron chi connectivity index (χ4n) is 1.23. The predicted octanol–water partition coefficient (Wildman–Crippen LogP) is 2.57. The van der Waals surface area contributed by atoms with Crippen molar-refractivity contribution in [1.82, 2.24) is 0 Å². The van der Waals surface area contributed by atoms with Crippen LogP contribution in [0.25, 0.3) is 0 Å². The molecule has 0 saturated carbocycles. The largest absolute Gasteiger partial charge is 0.497 e. The average Bonchev–Trinajstić information content (AvgIpc) is 2.29. The van der Waals surface area contributed by atoms with Crippen LogP contribution in [-0.2, 0) is 0 Å². The molecule has 0 saturated heterocycles. The summed E-state index contributed by atoms with van der Waals surface area (Å²) < 4.78 is 10.4. The number of hydrogen-bond donors (Lipinski definition) is 1. The van der Waals surface area contributed by atoms with E-state index in [1.807, 2.05) is 0 Å². The zero-order valence-electron chi connectivity index (χ0n) is 9.53. The van der Waals surface area contributed by atoms with Crippen molar-refractivity contribution >= 4 is 5.97 Å². The van der Waals surface area contributed by atoms with Crippen LogP contribution in [0.1, 0.15) is 30.1 Å². The molecule has 0 aliphatic carbocycles. The van der Waals surface area contributed by atoms with Crippen LogP contribution in [-0.4, -0.2) is 24.8 Å². The maximum Gasteiger partial charge on any atom is 0.335 e. The van der Waals surface area contributed by atoms with Gasteiger partial charge in [0.2, 0.25) is 0 Å². The van der Waals surface area contributed by atoms with Crippen LogP contribution in [0.3, 0.4) is 0 Å². The molecule has 0 aromatic heterocycles. The summed E-state index contributed by atoms with van der Waals surface area (Å²) in [6.07, 6.45) is 1.98. The lowest BCUT2D eigenvalue weighted by Gasteiger charge is -2.08. The minimum atomic E-state index is -0.987. The van der Waals surface area contributed by atoms with Crippen LogP contribution < -0.4 is 9.47 Å². The second kappa shape index (κ2) is 6.00. The van der Waals surface area contributed by atoms with E-state index in [0.717, 1.165) is 12.8 Å². The molecule has 4 heteroatoms. The van der Waals surface area contributed by atoms with E-state index in [9.17, 15) is 4.79 Å². The van der Waals surface area contributed by atoms with Crippen molar-refractivity contribution in [3.8, 4) is 11.5 Å². The molecule has 1 aromatic rings. The fraction of sp³-hybridized carbons (Fsp3) is 0.417. The van der Waals surface area contributed by atoms with Gasteiger partial charge in [-0.2, -0.15) is 0 Å². The number of carbonyl (C=O) groups is 1. The van der Waals surface area contributed by atoms with Gasteiger partial charge in [0.05, 0.1) is 19.3 Å². The van der Waals surface area contributed by atoms with Gasteiger partial charge in [0, 0.05) is 6.07 Å². The third-order valence-corrected chi connectivity index (χ3v) is 2.13. The third-order valence-electron chi connectivity index (χ3n) is 2.13. The monoisotopic (exact) mass is 224 g/mol. The molecule has 0 radical (unpaired) electrons. The molecule has 0 fully saturated rings. The van der Waals surface area contributed by atoms with Crippen molar-refractivity contribution in [2.75, 3.05) is 13.7 Å². The average molecular weight is 224 g/mol. The smallest absolute Gasteiger partial charge is 0.335 e. The van der Waals surface area contributed by atoms with E-state index >= 15 is 0 Å².